The van der Waals surface area contributed by atoms with E-state index >= 15 is 0 Å². The number of carbonyl (C=O) groups is 2. The first-order valence-electron chi connectivity index (χ1n) is 6.37. The summed E-state index contributed by atoms with van der Waals surface area (Å²) in [5.41, 5.74) is 0. The van der Waals surface area contributed by atoms with E-state index in [4.69, 9.17) is 5.11 Å². The Hall–Kier alpha value is -1.10. The van der Waals surface area contributed by atoms with Crippen molar-refractivity contribution in [3.05, 3.63) is 0 Å². The first-order valence-corrected chi connectivity index (χ1v) is 6.37. The third-order valence-corrected chi connectivity index (χ3v) is 3.63. The molecule has 0 aliphatic carbocycles. The minimum absolute atomic E-state index is 0.147. The molecule has 2 fully saturated rings. The molecule has 0 aromatic rings. The van der Waals surface area contributed by atoms with Gasteiger partial charge in [0.25, 0.3) is 0 Å². The van der Waals surface area contributed by atoms with Crippen LogP contribution in [0.15, 0.2) is 0 Å². The van der Waals surface area contributed by atoms with Crippen LogP contribution in [0.5, 0.6) is 0 Å². The van der Waals surface area contributed by atoms with Gasteiger partial charge in [0, 0.05) is 32.0 Å². The molecule has 2 aliphatic heterocycles. The maximum absolute atomic E-state index is 11.1. The predicted octanol–water partition coefficient (Wildman–Crippen LogP) is 0.452. The average molecular weight is 240 g/mol. The van der Waals surface area contributed by atoms with Gasteiger partial charge in [-0.3, -0.25) is 9.59 Å². The Balaban J connectivity index is 1.77. The molecule has 2 atom stereocenters. The lowest BCUT2D eigenvalue weighted by Gasteiger charge is -2.33. The van der Waals surface area contributed by atoms with Crippen LogP contribution >= 0.6 is 0 Å². The number of nitrogens with one attached hydrogen (secondary N) is 1. The zero-order valence-electron chi connectivity index (χ0n) is 10.0. The highest BCUT2D eigenvalue weighted by molar-refractivity contribution is 5.78. The molecular formula is C12H20N2O3. The number of carbonyl (C=O) groups excluding carboxylic acids is 1. The minimum Gasteiger partial charge on any atom is -0.481 e. The van der Waals surface area contributed by atoms with Gasteiger partial charge in [0.1, 0.15) is 0 Å². The van der Waals surface area contributed by atoms with E-state index in [2.05, 4.69) is 10.2 Å². The normalized spacial score (nSPS) is 30.2. The molecule has 2 aliphatic rings. The standard InChI is InChI=1S/C12H20N2O3/c15-11-4-3-10(13-11)8-14-5-1-2-9(7-14)6-12(16)17/h9-10H,1-8H2,(H,13,15)(H,16,17). The van der Waals surface area contributed by atoms with E-state index in [0.29, 0.717) is 6.42 Å². The monoisotopic (exact) mass is 240 g/mol. The molecule has 0 spiro atoms. The maximum Gasteiger partial charge on any atom is 0.303 e. The van der Waals surface area contributed by atoms with Crippen molar-refractivity contribution in [1.82, 2.24) is 10.2 Å². The fraction of sp³-hybridized carbons (Fsp3) is 0.833. The first-order chi connectivity index (χ1) is 8.13. The summed E-state index contributed by atoms with van der Waals surface area (Å²) >= 11 is 0. The fourth-order valence-electron chi connectivity index (χ4n) is 2.86. The number of carboxylic acid groups (broad SMARTS) is 1. The lowest BCUT2D eigenvalue weighted by atomic mass is 9.94. The van der Waals surface area contributed by atoms with Gasteiger partial charge >= 0.3 is 5.97 Å². The van der Waals surface area contributed by atoms with Crippen LogP contribution in [0, 0.1) is 5.92 Å². The molecule has 0 aromatic heterocycles. The number of amides is 1. The number of hydrogen-bond acceptors (Lipinski definition) is 3. The van der Waals surface area contributed by atoms with Gasteiger partial charge in [-0.15, -0.1) is 0 Å². The molecule has 2 rings (SSSR count). The van der Waals surface area contributed by atoms with Crippen LogP contribution in [-0.2, 0) is 9.59 Å². The van der Waals surface area contributed by atoms with Crippen LogP contribution in [-0.4, -0.2) is 47.6 Å². The maximum atomic E-state index is 11.1. The van der Waals surface area contributed by atoms with E-state index in [-0.39, 0.29) is 24.3 Å². The van der Waals surface area contributed by atoms with Crippen molar-refractivity contribution in [2.24, 2.45) is 5.92 Å². The molecule has 2 heterocycles. The molecule has 0 saturated carbocycles. The summed E-state index contributed by atoms with van der Waals surface area (Å²) in [6.07, 6.45) is 3.90. The first kappa shape index (κ1) is 12.4. The number of aliphatic carboxylic acids is 1. The smallest absolute Gasteiger partial charge is 0.303 e. The van der Waals surface area contributed by atoms with Crippen LogP contribution < -0.4 is 5.32 Å². The van der Waals surface area contributed by atoms with Crippen molar-refractivity contribution in [1.29, 1.82) is 0 Å². The van der Waals surface area contributed by atoms with Crippen LogP contribution in [0.2, 0.25) is 0 Å². The average Bonchev–Trinajstić information content (AvgIpc) is 2.63. The summed E-state index contributed by atoms with van der Waals surface area (Å²) in [4.78, 5) is 24.1. The predicted molar refractivity (Wildman–Crippen MR) is 62.6 cm³/mol. The van der Waals surface area contributed by atoms with Gasteiger partial charge < -0.3 is 15.3 Å². The molecule has 2 saturated heterocycles. The molecule has 17 heavy (non-hydrogen) atoms. The second-order valence-electron chi connectivity index (χ2n) is 5.17. The molecule has 96 valence electrons. The van der Waals surface area contributed by atoms with Crippen molar-refractivity contribution >= 4 is 11.9 Å². The molecule has 5 heteroatoms. The van der Waals surface area contributed by atoms with Gasteiger partial charge in [0.05, 0.1) is 0 Å². The fourth-order valence-corrected chi connectivity index (χ4v) is 2.86. The second kappa shape index (κ2) is 5.49. The third kappa shape index (κ3) is 3.70. The Morgan fingerprint density at radius 1 is 1.47 bits per heavy atom. The topological polar surface area (TPSA) is 69.6 Å². The number of piperidine rings is 1. The molecule has 2 N–H and O–H groups in total. The van der Waals surface area contributed by atoms with Crippen LogP contribution in [0.3, 0.4) is 0 Å². The van der Waals surface area contributed by atoms with E-state index in [9.17, 15) is 9.59 Å². The largest absolute Gasteiger partial charge is 0.481 e. The summed E-state index contributed by atoms with van der Waals surface area (Å²) in [6.45, 7) is 2.77. The van der Waals surface area contributed by atoms with Gasteiger partial charge in [-0.2, -0.15) is 0 Å². The van der Waals surface area contributed by atoms with E-state index in [1.54, 1.807) is 0 Å². The van der Waals surface area contributed by atoms with Gasteiger partial charge in [-0.25, -0.2) is 0 Å². The van der Waals surface area contributed by atoms with E-state index in [0.717, 1.165) is 38.9 Å². The lowest BCUT2D eigenvalue weighted by molar-refractivity contribution is -0.138. The Kier molecular flexibility index (Phi) is 3.99. The Morgan fingerprint density at radius 3 is 2.94 bits per heavy atom. The van der Waals surface area contributed by atoms with Crippen molar-refractivity contribution in [2.75, 3.05) is 19.6 Å². The number of nitrogens with zero attached hydrogens (tertiary/aromatic N) is 1. The molecule has 5 nitrogen and oxygen atoms in total. The van der Waals surface area contributed by atoms with Crippen molar-refractivity contribution < 1.29 is 14.7 Å². The SMILES string of the molecule is O=C(O)CC1CCCN(CC2CCC(=O)N2)C1. The third-order valence-electron chi connectivity index (χ3n) is 3.63. The Morgan fingerprint density at radius 2 is 2.29 bits per heavy atom. The minimum atomic E-state index is -0.703. The van der Waals surface area contributed by atoms with Crippen molar-refractivity contribution in [3.8, 4) is 0 Å². The summed E-state index contributed by atoms with van der Waals surface area (Å²) in [6, 6.07) is 0.270. The number of carboxylic acids is 1. The van der Waals surface area contributed by atoms with Crippen LogP contribution in [0.4, 0.5) is 0 Å². The van der Waals surface area contributed by atoms with E-state index < -0.39 is 5.97 Å². The number of hydrogen-bond donors (Lipinski definition) is 2. The highest BCUT2D eigenvalue weighted by Gasteiger charge is 2.27. The molecule has 2 unspecified atom stereocenters. The van der Waals surface area contributed by atoms with Gasteiger partial charge in [0.2, 0.25) is 5.91 Å². The van der Waals surface area contributed by atoms with Crippen LogP contribution in [0.1, 0.15) is 32.1 Å². The Labute approximate surface area is 101 Å². The van der Waals surface area contributed by atoms with Crippen molar-refractivity contribution in [2.45, 2.75) is 38.1 Å². The van der Waals surface area contributed by atoms with Crippen molar-refractivity contribution in [3.63, 3.8) is 0 Å². The quantitative estimate of drug-likeness (QED) is 0.748. The van der Waals surface area contributed by atoms with E-state index in [1.165, 1.54) is 0 Å². The highest BCUT2D eigenvalue weighted by Crippen LogP contribution is 2.20. The molecular weight excluding hydrogens is 220 g/mol. The summed E-state index contributed by atoms with van der Waals surface area (Å²) < 4.78 is 0. The number of likely N-dealkylation sites (tertiary alicyclic amines) is 1. The van der Waals surface area contributed by atoms with Gasteiger partial charge in [-0.05, 0) is 31.7 Å². The summed E-state index contributed by atoms with van der Waals surface area (Å²) in [7, 11) is 0. The molecule has 1 amide bonds. The zero-order chi connectivity index (χ0) is 12.3. The van der Waals surface area contributed by atoms with E-state index in [1.807, 2.05) is 0 Å². The molecule has 0 aromatic carbocycles. The van der Waals surface area contributed by atoms with Gasteiger partial charge in [-0.1, -0.05) is 0 Å². The number of rotatable bonds is 4. The Bertz CT molecular complexity index is 306. The summed E-state index contributed by atoms with van der Waals surface area (Å²) in [5, 5.41) is 11.8. The highest BCUT2D eigenvalue weighted by atomic mass is 16.4. The lowest BCUT2D eigenvalue weighted by Crippen LogP contribution is -2.43. The van der Waals surface area contributed by atoms with Gasteiger partial charge in [0.15, 0.2) is 0 Å². The summed E-state index contributed by atoms with van der Waals surface area (Å²) in [5.74, 6) is -0.279. The van der Waals surface area contributed by atoms with Crippen LogP contribution in [0.25, 0.3) is 0 Å². The molecule has 0 bridgehead atoms. The molecule has 0 radical (unpaired) electrons. The zero-order valence-corrected chi connectivity index (χ0v) is 10.0. The second-order valence-corrected chi connectivity index (χ2v) is 5.17.